The van der Waals surface area contributed by atoms with Crippen molar-refractivity contribution < 1.29 is 18.9 Å². The Morgan fingerprint density at radius 3 is 1.32 bits per heavy atom. The van der Waals surface area contributed by atoms with Crippen LogP contribution in [0, 0.1) is 10.8 Å². The molecule has 4 nitrogen and oxygen atoms in total. The summed E-state index contributed by atoms with van der Waals surface area (Å²) < 4.78 is 32.6. The summed E-state index contributed by atoms with van der Waals surface area (Å²) in [6, 6.07) is 0. The van der Waals surface area contributed by atoms with Gasteiger partial charge in [-0.15, -0.1) is 0 Å². The monoisotopic (exact) mass is 880 g/mol. The van der Waals surface area contributed by atoms with Gasteiger partial charge in [0.15, 0.2) is 0 Å². The second-order valence-corrected chi connectivity index (χ2v) is 33.2. The van der Waals surface area contributed by atoms with Gasteiger partial charge in [0, 0.05) is 0 Å². The Bertz CT molecular complexity index is 1250. The molecule has 2 aliphatic rings. The predicted molar refractivity (Wildman–Crippen MR) is 235 cm³/mol. The van der Waals surface area contributed by atoms with Gasteiger partial charge >= 0.3 is 327 Å². The second-order valence-electron chi connectivity index (χ2n) is 17.2. The second kappa shape index (κ2) is 24.1. The van der Waals surface area contributed by atoms with Gasteiger partial charge in [-0.3, -0.25) is 0 Å². The first-order chi connectivity index (χ1) is 25.9. The zero-order valence-electron chi connectivity index (χ0n) is 35.5. The van der Waals surface area contributed by atoms with Gasteiger partial charge in [0.1, 0.15) is 0 Å². The Kier molecular flexibility index (Phi) is 20.8. The number of rotatable bonds is 31. The molecule has 4 rings (SSSR count). The van der Waals surface area contributed by atoms with Gasteiger partial charge in [0.05, 0.1) is 0 Å². The zero-order valence-corrected chi connectivity index (χ0v) is 40.0. The van der Waals surface area contributed by atoms with Crippen LogP contribution >= 0.6 is 22.7 Å². The van der Waals surface area contributed by atoms with Crippen LogP contribution in [0.4, 0.5) is 0 Å². The summed E-state index contributed by atoms with van der Waals surface area (Å²) in [6.45, 7) is 23.1. The molecule has 0 aliphatic heterocycles. The maximum atomic E-state index is 6.60. The summed E-state index contributed by atoms with van der Waals surface area (Å²) in [4.78, 5) is 3.23. The molecule has 7 heteroatoms. The topological polar surface area (TPSA) is 36.9 Å². The van der Waals surface area contributed by atoms with E-state index in [0.717, 1.165) is 104 Å². The van der Waals surface area contributed by atoms with Crippen LogP contribution in [0.2, 0.25) is 13.3 Å². The van der Waals surface area contributed by atoms with Crippen LogP contribution in [0.5, 0.6) is 0 Å². The first-order valence-corrected chi connectivity index (χ1v) is 31.6. The molecule has 0 amide bonds. The number of hydrogen-bond acceptors (Lipinski definition) is 6. The normalized spacial score (nSPS) is 16.1. The Morgan fingerprint density at radius 1 is 0.491 bits per heavy atom. The summed E-state index contributed by atoms with van der Waals surface area (Å²) in [5.41, 5.74) is 6.78. The van der Waals surface area contributed by atoms with Crippen LogP contribution in [-0.4, -0.2) is 71.2 Å². The third kappa shape index (κ3) is 12.5. The standard InChI is InChI=1S/C34H53O4S2.3C4H9.Sn/c1-5-9-13-35-23-33(24-36-14-10-6-2)17-27-21-39-31(29(27)19-33)32-30-20-34(18-28(30)22-40-32,25-37-15-11-7-3)26-38-16-12-8-4;3*1-3-4-2;/h21H,5-20,23-26H2,1-4H3;3*1,3-4H2,2H3;. The van der Waals surface area contributed by atoms with Crippen LogP contribution in [0.15, 0.2) is 5.38 Å². The van der Waals surface area contributed by atoms with Gasteiger partial charge in [-0.1, -0.05) is 13.8 Å². The third-order valence-electron chi connectivity index (χ3n) is 12.2. The number of thiophene rings is 2. The van der Waals surface area contributed by atoms with Crippen LogP contribution < -0.4 is 2.89 Å². The summed E-state index contributed by atoms with van der Waals surface area (Å²) in [5, 5.41) is 2.53. The van der Waals surface area contributed by atoms with E-state index in [2.05, 4.69) is 76.5 Å². The summed E-state index contributed by atoms with van der Waals surface area (Å²) in [6.07, 6.45) is 21.9. The Labute approximate surface area is 339 Å². The predicted octanol–water partition coefficient (Wildman–Crippen LogP) is 13.0. The van der Waals surface area contributed by atoms with Crippen LogP contribution in [0.3, 0.4) is 0 Å². The van der Waals surface area contributed by atoms with Crippen molar-refractivity contribution in [2.24, 2.45) is 10.8 Å². The number of unbranched alkanes of at least 4 members (excludes halogenated alkanes) is 7. The SMILES string of the molecule is CCCCOCC1(COCCCC)Cc2csc(-c3s[c]([Sn]([CH2]CCC)([CH2]CCC)[CH2]CCC)c4c3CC(COCCCC)(COCCCC)C4)c2C1. The van der Waals surface area contributed by atoms with E-state index in [1.807, 2.05) is 2.89 Å². The van der Waals surface area contributed by atoms with Crippen molar-refractivity contribution in [2.75, 3.05) is 52.9 Å². The van der Waals surface area contributed by atoms with E-state index in [1.165, 1.54) is 77.5 Å². The fourth-order valence-corrected chi connectivity index (χ4v) is 31.8. The average Bonchev–Trinajstić information content (AvgIpc) is 3.92. The van der Waals surface area contributed by atoms with Crippen molar-refractivity contribution in [3.05, 3.63) is 27.6 Å². The molecular formula is C46H80O4S2Sn. The van der Waals surface area contributed by atoms with Crippen molar-refractivity contribution in [3.8, 4) is 9.75 Å². The van der Waals surface area contributed by atoms with E-state index in [9.17, 15) is 0 Å². The molecule has 0 saturated carbocycles. The zero-order chi connectivity index (χ0) is 38.0. The Balaban J connectivity index is 1.80. The molecule has 0 aromatic carbocycles. The third-order valence-corrected chi connectivity index (χ3v) is 33.2. The molecule has 0 unspecified atom stereocenters. The van der Waals surface area contributed by atoms with E-state index in [1.54, 1.807) is 32.0 Å². The minimum absolute atomic E-state index is 0.0476. The molecule has 304 valence electrons. The van der Waals surface area contributed by atoms with E-state index in [0.29, 0.717) is 0 Å². The molecule has 2 aromatic heterocycles. The quantitative estimate of drug-likeness (QED) is 0.0558. The van der Waals surface area contributed by atoms with Gasteiger partial charge in [0.25, 0.3) is 0 Å². The van der Waals surface area contributed by atoms with Crippen molar-refractivity contribution in [1.29, 1.82) is 0 Å². The molecule has 0 saturated heterocycles. The summed E-state index contributed by atoms with van der Waals surface area (Å²) >= 11 is 1.61. The molecule has 0 radical (unpaired) electrons. The molecule has 0 atom stereocenters. The molecule has 0 spiro atoms. The van der Waals surface area contributed by atoms with Crippen molar-refractivity contribution in [1.82, 2.24) is 0 Å². The molecule has 2 heterocycles. The van der Waals surface area contributed by atoms with E-state index < -0.39 is 18.4 Å². The molecular weight excluding hydrogens is 799 g/mol. The Morgan fingerprint density at radius 2 is 0.887 bits per heavy atom. The molecule has 2 aromatic rings. The fraction of sp³-hybridized carbons (Fsp3) is 0.826. The summed E-state index contributed by atoms with van der Waals surface area (Å²) in [7, 11) is 0. The molecule has 2 aliphatic carbocycles. The molecule has 53 heavy (non-hydrogen) atoms. The molecule has 0 bridgehead atoms. The first kappa shape index (κ1) is 45.7. The number of ether oxygens (including phenoxy) is 4. The van der Waals surface area contributed by atoms with E-state index in [-0.39, 0.29) is 10.8 Å². The van der Waals surface area contributed by atoms with E-state index >= 15 is 0 Å². The van der Waals surface area contributed by atoms with Gasteiger partial charge in [-0.05, 0) is 0 Å². The molecule has 0 fully saturated rings. The summed E-state index contributed by atoms with van der Waals surface area (Å²) in [5.74, 6) is 0. The maximum absolute atomic E-state index is 6.60. The van der Waals surface area contributed by atoms with Crippen LogP contribution in [0.25, 0.3) is 9.75 Å². The van der Waals surface area contributed by atoms with Gasteiger partial charge in [-0.2, -0.15) is 0 Å². The number of fused-ring (bicyclic) bond motifs is 2. The Hall–Kier alpha value is 0.0387. The van der Waals surface area contributed by atoms with Gasteiger partial charge < -0.3 is 0 Å². The fourth-order valence-electron chi connectivity index (χ4n) is 8.98. The number of hydrogen-bond donors (Lipinski definition) is 0. The van der Waals surface area contributed by atoms with Crippen molar-refractivity contribution in [3.63, 3.8) is 0 Å². The van der Waals surface area contributed by atoms with Crippen LogP contribution in [0.1, 0.15) is 161 Å². The van der Waals surface area contributed by atoms with Gasteiger partial charge in [-0.25, -0.2) is 0 Å². The first-order valence-electron chi connectivity index (χ1n) is 22.4. The van der Waals surface area contributed by atoms with Crippen molar-refractivity contribution >= 4 is 43.9 Å². The molecule has 0 N–H and O–H groups in total. The van der Waals surface area contributed by atoms with E-state index in [4.69, 9.17) is 18.9 Å². The minimum atomic E-state index is -2.76. The average molecular weight is 880 g/mol. The van der Waals surface area contributed by atoms with Gasteiger partial charge in [0.2, 0.25) is 0 Å². The van der Waals surface area contributed by atoms with Crippen LogP contribution in [-0.2, 0) is 44.6 Å². The van der Waals surface area contributed by atoms with Crippen molar-refractivity contribution in [2.45, 2.75) is 177 Å².